The zero-order valence-electron chi connectivity index (χ0n) is 22.3. The van der Waals surface area contributed by atoms with E-state index in [0.29, 0.717) is 17.5 Å². The van der Waals surface area contributed by atoms with Crippen LogP contribution in [0.25, 0.3) is 38.8 Å². The minimum atomic E-state index is 0. The predicted molar refractivity (Wildman–Crippen MR) is 157 cm³/mol. The van der Waals surface area contributed by atoms with Gasteiger partial charge in [0.05, 0.1) is 0 Å². The van der Waals surface area contributed by atoms with E-state index in [-0.39, 0.29) is 21.1 Å². The van der Waals surface area contributed by atoms with Gasteiger partial charge in [0.15, 0.2) is 0 Å². The largest absolute Gasteiger partial charge is 2.00 e. The van der Waals surface area contributed by atoms with Crippen LogP contribution in [0.3, 0.4) is 0 Å². The second kappa shape index (κ2) is 11.4. The third-order valence-electron chi connectivity index (χ3n) is 7.82. The van der Waals surface area contributed by atoms with Gasteiger partial charge in [-0.1, -0.05) is 42.8 Å². The predicted octanol–water partition coefficient (Wildman–Crippen LogP) is 8.99. The summed E-state index contributed by atoms with van der Waals surface area (Å²) in [4.78, 5) is 9.18. The van der Waals surface area contributed by atoms with Crippen LogP contribution in [0.5, 0.6) is 11.6 Å². The first-order valence-electron chi connectivity index (χ1n) is 13.8. The third-order valence-corrected chi connectivity index (χ3v) is 7.82. The number of nitrogens with zero attached hydrogens (tertiary/aromatic N) is 3. The van der Waals surface area contributed by atoms with E-state index in [1.54, 1.807) is 6.20 Å². The molecule has 0 atom stereocenters. The molecule has 0 N–H and O–H groups in total. The fourth-order valence-corrected chi connectivity index (χ4v) is 5.88. The maximum Gasteiger partial charge on any atom is 2.00 e. The molecule has 3 aromatic carbocycles. The molecule has 0 aliphatic heterocycles. The molecule has 0 bridgehead atoms. The van der Waals surface area contributed by atoms with Crippen LogP contribution in [-0.4, -0.2) is 14.5 Å². The smallest absolute Gasteiger partial charge is 0.460 e. The average Bonchev–Trinajstić information content (AvgIpc) is 3.32. The van der Waals surface area contributed by atoms with Crippen molar-refractivity contribution in [2.24, 2.45) is 0 Å². The number of hydrogen-bond donors (Lipinski definition) is 0. The molecule has 0 spiro atoms. The number of aryl methyl sites for hydroxylation is 1. The summed E-state index contributed by atoms with van der Waals surface area (Å²) in [5, 5.41) is 2.36. The van der Waals surface area contributed by atoms with Crippen molar-refractivity contribution in [3.63, 3.8) is 0 Å². The molecular weight excluding hydrogens is 673 g/mol. The Balaban J connectivity index is 0.00000289. The van der Waals surface area contributed by atoms with Crippen molar-refractivity contribution >= 4 is 21.8 Å². The van der Waals surface area contributed by atoms with Crippen molar-refractivity contribution in [1.29, 1.82) is 0 Å². The van der Waals surface area contributed by atoms with Gasteiger partial charge >= 0.3 is 21.1 Å². The molecule has 3 aromatic heterocycles. The molecule has 1 saturated carbocycles. The van der Waals surface area contributed by atoms with Gasteiger partial charge in [-0.25, -0.2) is 21.1 Å². The molecular formula is C35H29N3OPt. The van der Waals surface area contributed by atoms with Crippen LogP contribution < -0.4 is 4.74 Å². The molecule has 0 amide bonds. The van der Waals surface area contributed by atoms with E-state index in [1.807, 2.05) is 43.5 Å². The standard InChI is InChI=1S/C35H29N3O.Pt/c1-24-16-18-37-35(20-24)39-29-11-7-10-26(21-29)27-14-15-31-30-12-5-6-13-32(30)38(33(31)22-27)34-23-28(17-19-36-34)25-8-3-2-4-9-25;/h5-7,10-20,23,25H,2-4,8-9H2,1H3;/q-2;+2. The van der Waals surface area contributed by atoms with Crippen LogP contribution in [0, 0.1) is 19.1 Å². The third kappa shape index (κ3) is 5.09. The molecule has 0 saturated heterocycles. The van der Waals surface area contributed by atoms with Gasteiger partial charge in [-0.05, 0) is 72.0 Å². The summed E-state index contributed by atoms with van der Waals surface area (Å²) in [6.45, 7) is 2.03. The fourth-order valence-electron chi connectivity index (χ4n) is 5.88. The molecule has 0 radical (unpaired) electrons. The van der Waals surface area contributed by atoms with Crippen molar-refractivity contribution in [2.45, 2.75) is 44.9 Å². The zero-order chi connectivity index (χ0) is 26.2. The van der Waals surface area contributed by atoms with E-state index < -0.39 is 0 Å². The number of benzene rings is 3. The molecule has 0 unspecified atom stereocenters. The van der Waals surface area contributed by atoms with Crippen LogP contribution >= 0.6 is 0 Å². The molecule has 5 heteroatoms. The Kier molecular flexibility index (Phi) is 7.54. The first kappa shape index (κ1) is 26.5. The number of rotatable bonds is 5. The Bertz CT molecular complexity index is 1800. The average molecular weight is 703 g/mol. The summed E-state index contributed by atoms with van der Waals surface area (Å²) in [6.07, 6.45) is 10.2. The van der Waals surface area contributed by atoms with Crippen LogP contribution in [-0.2, 0) is 21.1 Å². The van der Waals surface area contributed by atoms with E-state index in [2.05, 4.69) is 70.2 Å². The Morgan fingerprint density at radius 3 is 2.48 bits per heavy atom. The van der Waals surface area contributed by atoms with Crippen molar-refractivity contribution < 1.29 is 25.8 Å². The summed E-state index contributed by atoms with van der Waals surface area (Å²) in [6, 6.07) is 34.3. The Morgan fingerprint density at radius 2 is 1.60 bits per heavy atom. The minimum absolute atomic E-state index is 0. The van der Waals surface area contributed by atoms with E-state index in [9.17, 15) is 0 Å². The SMILES string of the molecule is Cc1ccnc(Oc2[c-]c(-c3[c-]c4c(cc3)c3ccccc3n4-c3cc(C4CCCCC4)ccn3)ccc2)c1.[Pt+2]. The number of para-hydroxylation sites is 1. The second-order valence-electron chi connectivity index (χ2n) is 10.5. The Morgan fingerprint density at radius 1 is 0.775 bits per heavy atom. The summed E-state index contributed by atoms with van der Waals surface area (Å²) in [5.41, 5.74) is 6.52. The van der Waals surface area contributed by atoms with Gasteiger partial charge in [-0.2, -0.15) is 24.3 Å². The minimum Gasteiger partial charge on any atom is -0.460 e. The molecule has 7 rings (SSSR count). The van der Waals surface area contributed by atoms with E-state index >= 15 is 0 Å². The number of hydrogen-bond acceptors (Lipinski definition) is 3. The van der Waals surface area contributed by atoms with Gasteiger partial charge in [-0.3, -0.25) is 0 Å². The molecule has 1 fully saturated rings. The van der Waals surface area contributed by atoms with E-state index in [0.717, 1.165) is 38.9 Å². The summed E-state index contributed by atoms with van der Waals surface area (Å²) in [5.74, 6) is 2.76. The van der Waals surface area contributed by atoms with Gasteiger partial charge in [0.1, 0.15) is 5.82 Å². The van der Waals surface area contributed by atoms with Crippen LogP contribution in [0.4, 0.5) is 0 Å². The summed E-state index contributed by atoms with van der Waals surface area (Å²) < 4.78 is 8.29. The summed E-state index contributed by atoms with van der Waals surface area (Å²) in [7, 11) is 0. The van der Waals surface area contributed by atoms with Gasteiger partial charge in [0, 0.05) is 29.7 Å². The first-order chi connectivity index (χ1) is 19.2. The normalized spacial score (nSPS) is 13.8. The van der Waals surface area contributed by atoms with Crippen LogP contribution in [0.2, 0.25) is 0 Å². The monoisotopic (exact) mass is 702 g/mol. The Hall–Kier alpha value is -3.75. The van der Waals surface area contributed by atoms with Crippen LogP contribution in [0.1, 0.15) is 49.1 Å². The molecule has 6 aromatic rings. The molecule has 3 heterocycles. The fraction of sp³-hybridized carbons (Fsp3) is 0.200. The molecule has 1 aliphatic carbocycles. The van der Waals surface area contributed by atoms with Gasteiger partial charge in [0.25, 0.3) is 0 Å². The van der Waals surface area contributed by atoms with Crippen molar-refractivity contribution in [1.82, 2.24) is 14.5 Å². The van der Waals surface area contributed by atoms with Crippen molar-refractivity contribution in [2.75, 3.05) is 0 Å². The van der Waals surface area contributed by atoms with Crippen molar-refractivity contribution in [3.05, 3.63) is 115 Å². The number of aromatic nitrogens is 3. The molecule has 200 valence electrons. The van der Waals surface area contributed by atoms with Gasteiger partial charge in [0.2, 0.25) is 5.88 Å². The summed E-state index contributed by atoms with van der Waals surface area (Å²) >= 11 is 0. The molecule has 4 nitrogen and oxygen atoms in total. The van der Waals surface area contributed by atoms with Crippen molar-refractivity contribution in [3.8, 4) is 28.6 Å². The Labute approximate surface area is 249 Å². The maximum atomic E-state index is 6.02. The van der Waals surface area contributed by atoms with Gasteiger partial charge in [-0.15, -0.1) is 18.2 Å². The quantitative estimate of drug-likeness (QED) is 0.169. The van der Waals surface area contributed by atoms with E-state index in [1.165, 1.54) is 43.1 Å². The van der Waals surface area contributed by atoms with E-state index in [4.69, 9.17) is 9.72 Å². The topological polar surface area (TPSA) is 39.9 Å². The zero-order valence-corrected chi connectivity index (χ0v) is 24.6. The molecule has 1 aliphatic rings. The first-order valence-corrected chi connectivity index (χ1v) is 13.8. The maximum absolute atomic E-state index is 6.02. The second-order valence-corrected chi connectivity index (χ2v) is 10.5. The number of fused-ring (bicyclic) bond motifs is 3. The number of ether oxygens (including phenoxy) is 1. The number of pyridine rings is 2. The molecule has 40 heavy (non-hydrogen) atoms. The van der Waals surface area contributed by atoms with Crippen LogP contribution in [0.15, 0.2) is 91.3 Å². The van der Waals surface area contributed by atoms with Gasteiger partial charge < -0.3 is 9.30 Å².